The number of rotatable bonds is 6. The number of benzene rings is 3. The van der Waals surface area contributed by atoms with Crippen LogP contribution in [0.1, 0.15) is 34.7 Å². The molecular weight excluding hydrogens is 412 g/mol. The first-order valence-electron chi connectivity index (χ1n) is 11.1. The molecule has 0 unspecified atom stereocenters. The largest absolute Gasteiger partial charge is 0.494 e. The van der Waals surface area contributed by atoms with Crippen LogP contribution in [0.15, 0.2) is 66.4 Å². The fourth-order valence-electron chi connectivity index (χ4n) is 4.07. The van der Waals surface area contributed by atoms with Gasteiger partial charge in [-0.05, 0) is 81.1 Å². The van der Waals surface area contributed by atoms with Crippen LogP contribution in [0, 0.1) is 27.7 Å². The van der Waals surface area contributed by atoms with Crippen molar-refractivity contribution in [2.75, 3.05) is 16.8 Å². The highest BCUT2D eigenvalue weighted by molar-refractivity contribution is 6.46. The summed E-state index contributed by atoms with van der Waals surface area (Å²) in [6, 6.07) is 19.0. The number of ether oxygens (including phenoxy) is 1. The summed E-state index contributed by atoms with van der Waals surface area (Å²) in [5, 5.41) is 3.28. The van der Waals surface area contributed by atoms with E-state index in [1.807, 2.05) is 95.3 Å². The predicted molar refractivity (Wildman–Crippen MR) is 132 cm³/mol. The van der Waals surface area contributed by atoms with Crippen molar-refractivity contribution in [3.63, 3.8) is 0 Å². The van der Waals surface area contributed by atoms with Gasteiger partial charge in [-0.25, -0.2) is 4.90 Å². The first kappa shape index (κ1) is 22.3. The molecule has 3 aromatic rings. The zero-order valence-electron chi connectivity index (χ0n) is 19.7. The van der Waals surface area contributed by atoms with Gasteiger partial charge in [0.05, 0.1) is 17.9 Å². The summed E-state index contributed by atoms with van der Waals surface area (Å²) in [4.78, 5) is 28.7. The van der Waals surface area contributed by atoms with Crippen LogP contribution < -0.4 is 15.0 Å². The molecular formula is C28H28N2O3. The minimum atomic E-state index is -0.363. The van der Waals surface area contributed by atoms with Crippen molar-refractivity contribution >= 4 is 28.8 Å². The maximum absolute atomic E-state index is 13.7. The second-order valence-corrected chi connectivity index (χ2v) is 8.39. The van der Waals surface area contributed by atoms with Crippen LogP contribution >= 0.6 is 0 Å². The molecule has 5 heteroatoms. The third-order valence-corrected chi connectivity index (χ3v) is 5.79. The summed E-state index contributed by atoms with van der Waals surface area (Å²) in [7, 11) is 0. The molecule has 0 atom stereocenters. The summed E-state index contributed by atoms with van der Waals surface area (Å²) < 4.78 is 5.55. The monoisotopic (exact) mass is 440 g/mol. The number of carbonyl (C=O) groups excluding carboxylic acids is 2. The Labute approximate surface area is 194 Å². The van der Waals surface area contributed by atoms with Gasteiger partial charge >= 0.3 is 0 Å². The highest BCUT2D eigenvalue weighted by Crippen LogP contribution is 2.36. The van der Waals surface area contributed by atoms with Crippen molar-refractivity contribution in [2.45, 2.75) is 34.6 Å². The van der Waals surface area contributed by atoms with Gasteiger partial charge in [0.1, 0.15) is 11.4 Å². The Morgan fingerprint density at radius 2 is 1.45 bits per heavy atom. The van der Waals surface area contributed by atoms with Crippen LogP contribution in [0.25, 0.3) is 5.57 Å². The van der Waals surface area contributed by atoms with Gasteiger partial charge in [-0.2, -0.15) is 0 Å². The van der Waals surface area contributed by atoms with E-state index < -0.39 is 0 Å². The van der Waals surface area contributed by atoms with Crippen molar-refractivity contribution in [3.8, 4) is 5.75 Å². The molecule has 1 aliphatic heterocycles. The van der Waals surface area contributed by atoms with Crippen molar-refractivity contribution in [2.24, 2.45) is 0 Å². The fourth-order valence-corrected chi connectivity index (χ4v) is 4.07. The lowest BCUT2D eigenvalue weighted by molar-refractivity contribution is -0.120. The summed E-state index contributed by atoms with van der Waals surface area (Å²) in [6.07, 6.45) is 0. The van der Waals surface area contributed by atoms with Crippen molar-refractivity contribution in [3.05, 3.63) is 94.2 Å². The van der Waals surface area contributed by atoms with E-state index >= 15 is 0 Å². The molecule has 33 heavy (non-hydrogen) atoms. The Bertz CT molecular complexity index is 1270. The molecule has 5 nitrogen and oxygen atoms in total. The average Bonchev–Trinajstić information content (AvgIpc) is 3.02. The molecule has 0 fully saturated rings. The first-order chi connectivity index (χ1) is 15.8. The molecule has 0 radical (unpaired) electrons. The predicted octanol–water partition coefficient (Wildman–Crippen LogP) is 5.72. The minimum Gasteiger partial charge on any atom is -0.494 e. The topological polar surface area (TPSA) is 58.6 Å². The zero-order valence-corrected chi connectivity index (χ0v) is 19.7. The first-order valence-corrected chi connectivity index (χ1v) is 11.1. The van der Waals surface area contributed by atoms with Crippen LogP contribution in [-0.2, 0) is 9.59 Å². The quantitative estimate of drug-likeness (QED) is 0.499. The molecule has 1 heterocycles. The van der Waals surface area contributed by atoms with Gasteiger partial charge in [-0.15, -0.1) is 0 Å². The van der Waals surface area contributed by atoms with Crippen LogP contribution in [0.2, 0.25) is 0 Å². The van der Waals surface area contributed by atoms with Crippen LogP contribution in [0.4, 0.5) is 11.4 Å². The molecule has 0 aliphatic carbocycles. The Hall–Kier alpha value is -3.86. The van der Waals surface area contributed by atoms with E-state index in [-0.39, 0.29) is 17.5 Å². The Morgan fingerprint density at radius 1 is 0.788 bits per heavy atom. The van der Waals surface area contributed by atoms with Gasteiger partial charge in [-0.1, -0.05) is 42.0 Å². The van der Waals surface area contributed by atoms with Gasteiger partial charge < -0.3 is 10.1 Å². The summed E-state index contributed by atoms with van der Waals surface area (Å²) in [6.45, 7) is 10.3. The third kappa shape index (κ3) is 4.27. The second-order valence-electron chi connectivity index (χ2n) is 8.39. The summed E-state index contributed by atoms with van der Waals surface area (Å²) in [5.41, 5.74) is 6.66. The number of anilines is 2. The molecule has 0 saturated heterocycles. The summed E-state index contributed by atoms with van der Waals surface area (Å²) in [5.74, 6) is 0.0107. The molecule has 1 N–H and O–H groups in total. The van der Waals surface area contributed by atoms with E-state index in [9.17, 15) is 9.59 Å². The number of nitrogens with one attached hydrogen (secondary N) is 1. The minimum absolute atomic E-state index is 0.275. The lowest BCUT2D eigenvalue weighted by atomic mass is 10.0. The van der Waals surface area contributed by atoms with Gasteiger partial charge in [0.15, 0.2) is 0 Å². The fraction of sp³-hybridized carbons (Fsp3) is 0.214. The second kappa shape index (κ2) is 8.94. The Kier molecular flexibility index (Phi) is 6.05. The Balaban J connectivity index is 1.84. The van der Waals surface area contributed by atoms with E-state index in [2.05, 4.69) is 5.32 Å². The van der Waals surface area contributed by atoms with Gasteiger partial charge in [-0.3, -0.25) is 9.59 Å². The van der Waals surface area contributed by atoms with E-state index in [1.165, 1.54) is 4.90 Å². The van der Waals surface area contributed by atoms with E-state index in [4.69, 9.17) is 4.74 Å². The Morgan fingerprint density at radius 3 is 2.12 bits per heavy atom. The van der Waals surface area contributed by atoms with Gasteiger partial charge in [0.2, 0.25) is 0 Å². The number of aryl methyl sites for hydroxylation is 4. The molecule has 0 spiro atoms. The number of imide groups is 1. The van der Waals surface area contributed by atoms with Crippen molar-refractivity contribution in [1.82, 2.24) is 0 Å². The normalized spacial score (nSPS) is 13.7. The molecule has 0 saturated carbocycles. The van der Waals surface area contributed by atoms with Crippen LogP contribution in [0.3, 0.4) is 0 Å². The van der Waals surface area contributed by atoms with Crippen LogP contribution in [-0.4, -0.2) is 18.4 Å². The number of nitrogens with zero attached hydrogens (tertiary/aromatic N) is 1. The number of carbonyl (C=O) groups is 2. The van der Waals surface area contributed by atoms with Gasteiger partial charge in [0.25, 0.3) is 11.8 Å². The highest BCUT2D eigenvalue weighted by Gasteiger charge is 2.41. The molecule has 0 bridgehead atoms. The number of hydrogen-bond acceptors (Lipinski definition) is 4. The number of amides is 2. The van der Waals surface area contributed by atoms with Gasteiger partial charge in [0, 0.05) is 5.69 Å². The van der Waals surface area contributed by atoms with E-state index in [0.29, 0.717) is 29.2 Å². The lowest BCUT2D eigenvalue weighted by Gasteiger charge is -2.18. The lowest BCUT2D eigenvalue weighted by Crippen LogP contribution is -2.33. The molecule has 168 valence electrons. The highest BCUT2D eigenvalue weighted by atomic mass is 16.5. The maximum atomic E-state index is 13.7. The smallest absolute Gasteiger partial charge is 0.282 e. The van der Waals surface area contributed by atoms with Crippen LogP contribution in [0.5, 0.6) is 5.75 Å². The molecule has 0 aromatic heterocycles. The molecule has 1 aliphatic rings. The number of hydrogen-bond donors (Lipinski definition) is 1. The molecule has 3 aromatic carbocycles. The third-order valence-electron chi connectivity index (χ3n) is 5.79. The SMILES string of the molecule is CCOc1ccc(C2=C(Nc3ccc(C)cc3C)C(=O)N(c3cc(C)ccc3C)C2=O)cc1. The molecule has 2 amide bonds. The standard InChI is InChI=1S/C28H28N2O3/c1-6-33-22-12-10-21(11-13-22)25-26(29-23-14-8-17(2)15-20(23)5)28(32)30(27(25)31)24-16-18(3)7-9-19(24)4/h7-16,29H,6H2,1-5H3. The summed E-state index contributed by atoms with van der Waals surface area (Å²) >= 11 is 0. The zero-order chi connectivity index (χ0) is 23.7. The van der Waals surface area contributed by atoms with Crippen molar-refractivity contribution < 1.29 is 14.3 Å². The van der Waals surface area contributed by atoms with Crippen molar-refractivity contribution in [1.29, 1.82) is 0 Å². The average molecular weight is 441 g/mol. The molecule has 4 rings (SSSR count). The van der Waals surface area contributed by atoms with E-state index in [1.54, 1.807) is 0 Å². The van der Waals surface area contributed by atoms with E-state index in [0.717, 1.165) is 27.9 Å². The maximum Gasteiger partial charge on any atom is 0.282 e.